The fourth-order valence-corrected chi connectivity index (χ4v) is 4.89. The Morgan fingerprint density at radius 2 is 1.31 bits per heavy atom. The third-order valence-electron chi connectivity index (χ3n) is 6.74. The molecule has 1 unspecified atom stereocenters. The van der Waals surface area contributed by atoms with E-state index in [0.717, 1.165) is 16.7 Å². The second-order valence-electron chi connectivity index (χ2n) is 9.14. The van der Waals surface area contributed by atoms with Crippen molar-refractivity contribution in [3.8, 4) is 0 Å². The maximum absolute atomic E-state index is 10.4. The van der Waals surface area contributed by atoms with Crippen LogP contribution in [0.4, 0.5) is 0 Å². The number of ether oxygens (including phenoxy) is 3. The number of aliphatic hydroxyl groups is 1. The highest BCUT2D eigenvalue weighted by Crippen LogP contribution is 2.40. The molecular weight excluding hydrogens is 456 g/mol. The second kappa shape index (κ2) is 12.6. The third kappa shape index (κ3) is 6.12. The minimum Gasteiger partial charge on any atom is -0.390 e. The van der Waals surface area contributed by atoms with Gasteiger partial charge in [0.2, 0.25) is 6.23 Å². The standard InChI is InChI=1S/C28H33N4O4/c1-32(31-30-29)26(17-33)27(35-19-23-13-7-3-8-14-23)25(21-34-18-22-11-5-2-6-12-22)28(32)36-20-24-15-9-4-10-16-24/h2-16,25-28,33H,17-21H2,1H3/q+1/t25-,26+,27-,28-,32?/m1/s1. The van der Waals surface area contributed by atoms with Gasteiger partial charge in [0.05, 0.1) is 50.9 Å². The van der Waals surface area contributed by atoms with Gasteiger partial charge in [-0.15, -0.1) is 0 Å². The molecule has 0 bridgehead atoms. The van der Waals surface area contributed by atoms with Crippen LogP contribution in [0, 0.1) is 5.92 Å². The molecule has 36 heavy (non-hydrogen) atoms. The Balaban J connectivity index is 1.59. The summed E-state index contributed by atoms with van der Waals surface area (Å²) in [6.45, 7) is 1.22. The highest BCUT2D eigenvalue weighted by atomic mass is 16.5. The summed E-state index contributed by atoms with van der Waals surface area (Å²) in [5.41, 5.74) is 12.5. The van der Waals surface area contributed by atoms with E-state index in [0.29, 0.717) is 26.4 Å². The van der Waals surface area contributed by atoms with Crippen molar-refractivity contribution in [2.75, 3.05) is 20.3 Å². The van der Waals surface area contributed by atoms with Crippen molar-refractivity contribution in [2.45, 2.75) is 38.2 Å². The Bertz CT molecular complexity index is 1110. The van der Waals surface area contributed by atoms with Gasteiger partial charge < -0.3 is 19.3 Å². The van der Waals surface area contributed by atoms with Crippen molar-refractivity contribution in [2.24, 2.45) is 11.1 Å². The van der Waals surface area contributed by atoms with Gasteiger partial charge in [0.1, 0.15) is 11.3 Å². The van der Waals surface area contributed by atoms with E-state index in [-0.39, 0.29) is 17.1 Å². The maximum Gasteiger partial charge on any atom is 0.215 e. The number of hydrogen-bond acceptors (Lipinski definition) is 5. The Morgan fingerprint density at radius 3 is 1.81 bits per heavy atom. The number of nitrogens with zero attached hydrogens (tertiary/aromatic N) is 4. The number of likely N-dealkylation sites (N-methyl/N-ethyl adjacent to an activating group) is 1. The highest BCUT2D eigenvalue weighted by molar-refractivity contribution is 5.15. The summed E-state index contributed by atoms with van der Waals surface area (Å²) in [5.74, 6) is -0.284. The Hall–Kier alpha value is -3.23. The van der Waals surface area contributed by atoms with Crippen molar-refractivity contribution in [1.82, 2.24) is 0 Å². The van der Waals surface area contributed by atoms with Crippen LogP contribution in [-0.2, 0) is 34.0 Å². The van der Waals surface area contributed by atoms with Gasteiger partial charge in [-0.1, -0.05) is 91.0 Å². The monoisotopic (exact) mass is 489 g/mol. The minimum absolute atomic E-state index is 0.182. The Morgan fingerprint density at radius 1 is 0.806 bits per heavy atom. The van der Waals surface area contributed by atoms with Crippen molar-refractivity contribution in [3.05, 3.63) is 118 Å². The molecule has 0 saturated carbocycles. The van der Waals surface area contributed by atoms with Crippen LogP contribution >= 0.6 is 0 Å². The van der Waals surface area contributed by atoms with Crippen LogP contribution in [0.25, 0.3) is 10.4 Å². The molecule has 1 fully saturated rings. The lowest BCUT2D eigenvalue weighted by atomic mass is 10.0. The molecule has 0 amide bonds. The molecule has 0 aliphatic carbocycles. The molecule has 188 valence electrons. The summed E-state index contributed by atoms with van der Waals surface area (Å²) in [5, 5.41) is 14.6. The third-order valence-corrected chi connectivity index (χ3v) is 6.74. The van der Waals surface area contributed by atoms with Crippen molar-refractivity contribution < 1.29 is 23.9 Å². The number of benzene rings is 3. The van der Waals surface area contributed by atoms with Gasteiger partial charge >= 0.3 is 0 Å². The van der Waals surface area contributed by atoms with Crippen molar-refractivity contribution in [1.29, 1.82) is 0 Å². The predicted octanol–water partition coefficient (Wildman–Crippen LogP) is 4.99. The van der Waals surface area contributed by atoms with Gasteiger partial charge in [-0.05, 0) is 16.7 Å². The zero-order valence-electron chi connectivity index (χ0n) is 20.5. The van der Waals surface area contributed by atoms with E-state index in [4.69, 9.17) is 14.2 Å². The van der Waals surface area contributed by atoms with Crippen LogP contribution < -0.4 is 0 Å². The zero-order chi connectivity index (χ0) is 25.2. The number of azide groups is 1. The van der Waals surface area contributed by atoms with Gasteiger partial charge in [-0.3, -0.25) is 0 Å². The largest absolute Gasteiger partial charge is 0.390 e. The molecule has 1 aliphatic rings. The van der Waals surface area contributed by atoms with E-state index >= 15 is 0 Å². The van der Waals surface area contributed by atoms with Gasteiger partial charge in [0, 0.05) is 5.53 Å². The molecule has 3 aromatic rings. The summed E-state index contributed by atoms with van der Waals surface area (Å²) in [6, 6.07) is 29.1. The van der Waals surface area contributed by atoms with Gasteiger partial charge in [0.25, 0.3) is 0 Å². The van der Waals surface area contributed by atoms with E-state index in [1.807, 2.05) is 91.0 Å². The smallest absolute Gasteiger partial charge is 0.215 e. The minimum atomic E-state index is -0.574. The molecular formula is C28H33N4O4+. The van der Waals surface area contributed by atoms with Crippen LogP contribution in [0.1, 0.15) is 16.7 Å². The molecule has 1 saturated heterocycles. The van der Waals surface area contributed by atoms with Crippen LogP contribution in [0.5, 0.6) is 0 Å². The first-order valence-electron chi connectivity index (χ1n) is 12.1. The highest BCUT2D eigenvalue weighted by Gasteiger charge is 2.61. The normalized spacial score (nSPS) is 25.4. The average Bonchev–Trinajstić information content (AvgIpc) is 3.14. The van der Waals surface area contributed by atoms with Crippen LogP contribution in [-0.4, -0.2) is 48.3 Å². The second-order valence-corrected chi connectivity index (χ2v) is 9.14. The first-order chi connectivity index (χ1) is 17.7. The fraction of sp³-hybridized carbons (Fsp3) is 0.357. The number of quaternary nitrogens is 1. The number of rotatable bonds is 12. The first-order valence-corrected chi connectivity index (χ1v) is 12.1. The molecule has 1 N–H and O–H groups in total. The lowest BCUT2D eigenvalue weighted by Crippen LogP contribution is -2.53. The summed E-state index contributed by atoms with van der Waals surface area (Å²) in [6.07, 6.45) is -1.03. The topological polar surface area (TPSA) is 96.7 Å². The maximum atomic E-state index is 10.4. The summed E-state index contributed by atoms with van der Waals surface area (Å²) >= 11 is 0. The molecule has 1 aliphatic heterocycles. The molecule has 8 nitrogen and oxygen atoms in total. The van der Waals surface area contributed by atoms with E-state index in [2.05, 4.69) is 10.1 Å². The average molecular weight is 490 g/mol. The lowest BCUT2D eigenvalue weighted by molar-refractivity contribution is -0.975. The lowest BCUT2D eigenvalue weighted by Gasteiger charge is -2.33. The van der Waals surface area contributed by atoms with Crippen LogP contribution in [0.3, 0.4) is 0 Å². The summed E-state index contributed by atoms with van der Waals surface area (Å²) < 4.78 is 18.8. The van der Waals surface area contributed by atoms with E-state index in [9.17, 15) is 10.6 Å². The molecule has 0 radical (unpaired) electrons. The molecule has 0 aromatic heterocycles. The predicted molar refractivity (Wildman–Crippen MR) is 136 cm³/mol. The number of aliphatic hydroxyl groups excluding tert-OH is 1. The molecule has 8 heteroatoms. The number of likely N-dealkylation sites (tertiary alicyclic amines) is 1. The zero-order valence-corrected chi connectivity index (χ0v) is 20.5. The quantitative estimate of drug-likeness (QED) is 0.168. The Kier molecular flexibility index (Phi) is 9.08. The fourth-order valence-electron chi connectivity index (χ4n) is 4.89. The first kappa shape index (κ1) is 25.9. The van der Waals surface area contributed by atoms with Crippen molar-refractivity contribution in [3.63, 3.8) is 0 Å². The van der Waals surface area contributed by atoms with E-state index < -0.39 is 18.4 Å². The van der Waals surface area contributed by atoms with Crippen LogP contribution in [0.15, 0.2) is 96.2 Å². The molecule has 0 spiro atoms. The van der Waals surface area contributed by atoms with E-state index in [1.54, 1.807) is 7.05 Å². The summed E-state index contributed by atoms with van der Waals surface area (Å²) in [4.78, 5) is 3.12. The molecule has 1 heterocycles. The van der Waals surface area contributed by atoms with Crippen LogP contribution in [0.2, 0.25) is 0 Å². The number of hydrogen-bond donors (Lipinski definition) is 1. The molecule has 5 atom stereocenters. The molecule has 4 rings (SSSR count). The Labute approximate surface area is 211 Å². The molecule has 3 aromatic carbocycles. The van der Waals surface area contributed by atoms with Gasteiger partial charge in [-0.25, -0.2) is 0 Å². The van der Waals surface area contributed by atoms with Crippen molar-refractivity contribution >= 4 is 0 Å². The SMILES string of the molecule is C[N+]1(N=[N+]=[N-])[C@H](OCc2ccccc2)[C@H](COCc2ccccc2)[C@@H](OCc2ccccc2)[C@@H]1CO. The summed E-state index contributed by atoms with van der Waals surface area (Å²) in [7, 11) is 1.78. The van der Waals surface area contributed by atoms with Gasteiger partial charge in [0.15, 0.2) is 6.04 Å². The van der Waals surface area contributed by atoms with E-state index in [1.165, 1.54) is 0 Å². The van der Waals surface area contributed by atoms with Gasteiger partial charge in [-0.2, -0.15) is 4.59 Å².